The molecule has 0 saturated carbocycles. The maximum absolute atomic E-state index is 11.1. The van der Waals surface area contributed by atoms with Crippen LogP contribution in [0.1, 0.15) is 29.4 Å². The number of pyridine rings is 1. The number of ether oxygens (including phenoxy) is 1. The number of nitrogens with zero attached hydrogens (tertiary/aromatic N) is 1. The van der Waals surface area contributed by atoms with Crippen LogP contribution in [0, 0.1) is 12.8 Å². The quantitative estimate of drug-likeness (QED) is 0.854. The minimum Gasteiger partial charge on any atom is -0.478 e. The normalized spacial score (nSPS) is 20.7. The van der Waals surface area contributed by atoms with Gasteiger partial charge in [-0.25, -0.2) is 9.78 Å². The molecule has 2 rings (SSSR count). The molecule has 1 aromatic rings. The van der Waals surface area contributed by atoms with E-state index in [1.165, 1.54) is 0 Å². The van der Waals surface area contributed by atoms with Crippen molar-refractivity contribution in [2.45, 2.75) is 26.3 Å². The summed E-state index contributed by atoms with van der Waals surface area (Å²) >= 11 is 0. The van der Waals surface area contributed by atoms with E-state index in [0.29, 0.717) is 11.7 Å². The third kappa shape index (κ3) is 2.79. The number of carboxylic acids is 1. The summed E-state index contributed by atoms with van der Waals surface area (Å²) in [6, 6.07) is 3.45. The Balaban J connectivity index is 2.16. The van der Waals surface area contributed by atoms with Gasteiger partial charge in [-0.15, -0.1) is 0 Å². The molecule has 2 heterocycles. The van der Waals surface area contributed by atoms with Crippen molar-refractivity contribution in [2.75, 3.05) is 18.5 Å². The topological polar surface area (TPSA) is 71.5 Å². The van der Waals surface area contributed by atoms with Gasteiger partial charge in [0.1, 0.15) is 11.4 Å². The second-order valence-corrected chi connectivity index (χ2v) is 4.71. The van der Waals surface area contributed by atoms with Crippen molar-refractivity contribution in [2.24, 2.45) is 5.92 Å². The fourth-order valence-electron chi connectivity index (χ4n) is 2.12. The number of aryl methyl sites for hydroxylation is 1. The lowest BCUT2D eigenvalue weighted by Crippen LogP contribution is -2.27. The number of hydrogen-bond acceptors (Lipinski definition) is 4. The van der Waals surface area contributed by atoms with E-state index in [4.69, 9.17) is 9.84 Å². The number of rotatable bonds is 4. The first-order valence-corrected chi connectivity index (χ1v) is 6.13. The highest BCUT2D eigenvalue weighted by atomic mass is 16.5. The molecule has 1 aliphatic rings. The largest absolute Gasteiger partial charge is 0.478 e. The van der Waals surface area contributed by atoms with Gasteiger partial charge in [0, 0.05) is 24.3 Å². The van der Waals surface area contributed by atoms with Crippen molar-refractivity contribution in [3.05, 3.63) is 23.4 Å². The Hall–Kier alpha value is -1.62. The molecule has 2 N–H and O–H groups in total. The molecule has 0 spiro atoms. The Labute approximate surface area is 106 Å². The van der Waals surface area contributed by atoms with Crippen LogP contribution in [0.2, 0.25) is 0 Å². The zero-order valence-electron chi connectivity index (χ0n) is 10.6. The highest BCUT2D eigenvalue weighted by Crippen LogP contribution is 2.21. The minimum absolute atomic E-state index is 0.153. The predicted octanol–water partition coefficient (Wildman–Crippen LogP) is 1.93. The van der Waals surface area contributed by atoms with Gasteiger partial charge in [-0.05, 0) is 32.4 Å². The Morgan fingerprint density at radius 1 is 1.61 bits per heavy atom. The van der Waals surface area contributed by atoms with E-state index >= 15 is 0 Å². The van der Waals surface area contributed by atoms with Gasteiger partial charge in [-0.1, -0.05) is 0 Å². The summed E-state index contributed by atoms with van der Waals surface area (Å²) in [5, 5.41) is 12.3. The molecule has 0 aliphatic carbocycles. The fraction of sp³-hybridized carbons (Fsp3) is 0.538. The standard InChI is InChI=1S/C13H18N2O3/c1-8-3-4-11(13(16)17)12(14-8)15-9(2)10-5-6-18-7-10/h3-4,9-10H,5-7H2,1-2H3,(H,14,15)(H,16,17). The molecule has 98 valence electrons. The third-order valence-electron chi connectivity index (χ3n) is 3.30. The van der Waals surface area contributed by atoms with E-state index in [0.717, 1.165) is 25.3 Å². The van der Waals surface area contributed by atoms with Crippen molar-refractivity contribution in [1.82, 2.24) is 4.98 Å². The monoisotopic (exact) mass is 250 g/mol. The van der Waals surface area contributed by atoms with E-state index in [1.54, 1.807) is 12.1 Å². The molecule has 1 saturated heterocycles. The van der Waals surface area contributed by atoms with Crippen LogP contribution in [0.4, 0.5) is 5.82 Å². The molecule has 0 radical (unpaired) electrons. The molecule has 1 aliphatic heterocycles. The molecular weight excluding hydrogens is 232 g/mol. The highest BCUT2D eigenvalue weighted by molar-refractivity contribution is 5.93. The van der Waals surface area contributed by atoms with Gasteiger partial charge in [-0.3, -0.25) is 0 Å². The van der Waals surface area contributed by atoms with E-state index in [-0.39, 0.29) is 11.6 Å². The number of carboxylic acid groups (broad SMARTS) is 1. The molecule has 5 nitrogen and oxygen atoms in total. The first-order chi connectivity index (χ1) is 8.58. The summed E-state index contributed by atoms with van der Waals surface area (Å²) in [6.07, 6.45) is 1.00. The molecule has 1 fully saturated rings. The smallest absolute Gasteiger partial charge is 0.339 e. The van der Waals surface area contributed by atoms with Gasteiger partial charge in [0.15, 0.2) is 0 Å². The number of anilines is 1. The molecular formula is C13H18N2O3. The molecule has 5 heteroatoms. The van der Waals surface area contributed by atoms with Gasteiger partial charge in [0.2, 0.25) is 0 Å². The molecule has 0 bridgehead atoms. The zero-order chi connectivity index (χ0) is 13.1. The van der Waals surface area contributed by atoms with E-state index in [2.05, 4.69) is 10.3 Å². The van der Waals surface area contributed by atoms with Crippen LogP contribution in [0.15, 0.2) is 12.1 Å². The van der Waals surface area contributed by atoms with Gasteiger partial charge >= 0.3 is 5.97 Å². The first kappa shape index (κ1) is 12.8. The summed E-state index contributed by atoms with van der Waals surface area (Å²) in [4.78, 5) is 15.4. The Morgan fingerprint density at radius 3 is 3.00 bits per heavy atom. The zero-order valence-corrected chi connectivity index (χ0v) is 10.6. The average Bonchev–Trinajstić information content (AvgIpc) is 2.81. The van der Waals surface area contributed by atoms with Crippen LogP contribution in [0.3, 0.4) is 0 Å². The van der Waals surface area contributed by atoms with Crippen LogP contribution in [-0.2, 0) is 4.74 Å². The first-order valence-electron chi connectivity index (χ1n) is 6.13. The predicted molar refractivity (Wildman–Crippen MR) is 67.9 cm³/mol. The molecule has 2 unspecified atom stereocenters. The highest BCUT2D eigenvalue weighted by Gasteiger charge is 2.24. The van der Waals surface area contributed by atoms with Gasteiger partial charge in [-0.2, -0.15) is 0 Å². The van der Waals surface area contributed by atoms with Crippen LogP contribution < -0.4 is 5.32 Å². The summed E-state index contributed by atoms with van der Waals surface area (Å²) in [5.41, 5.74) is 1.02. The second-order valence-electron chi connectivity index (χ2n) is 4.71. The Morgan fingerprint density at radius 2 is 2.39 bits per heavy atom. The number of hydrogen-bond donors (Lipinski definition) is 2. The molecule has 0 amide bonds. The van der Waals surface area contributed by atoms with Crippen LogP contribution in [0.5, 0.6) is 0 Å². The fourth-order valence-corrected chi connectivity index (χ4v) is 2.12. The van der Waals surface area contributed by atoms with Crippen molar-refractivity contribution in [3.63, 3.8) is 0 Å². The Bertz CT molecular complexity index is 442. The van der Waals surface area contributed by atoms with E-state index in [1.807, 2.05) is 13.8 Å². The third-order valence-corrected chi connectivity index (χ3v) is 3.30. The van der Waals surface area contributed by atoms with Crippen LogP contribution >= 0.6 is 0 Å². The van der Waals surface area contributed by atoms with Gasteiger partial charge in [0.05, 0.1) is 6.61 Å². The minimum atomic E-state index is -0.958. The van der Waals surface area contributed by atoms with Gasteiger partial charge < -0.3 is 15.2 Å². The number of aromatic carboxylic acids is 1. The van der Waals surface area contributed by atoms with Crippen molar-refractivity contribution in [1.29, 1.82) is 0 Å². The molecule has 1 aromatic heterocycles. The summed E-state index contributed by atoms with van der Waals surface area (Å²) in [5.74, 6) is -0.101. The van der Waals surface area contributed by atoms with Gasteiger partial charge in [0.25, 0.3) is 0 Å². The molecule has 2 atom stereocenters. The average molecular weight is 250 g/mol. The Kier molecular flexibility index (Phi) is 3.81. The summed E-state index contributed by atoms with van der Waals surface area (Å²) in [6.45, 7) is 5.39. The lowest BCUT2D eigenvalue weighted by molar-refractivity contribution is 0.0697. The SMILES string of the molecule is Cc1ccc(C(=O)O)c(NC(C)C2CCOC2)n1. The van der Waals surface area contributed by atoms with Crippen molar-refractivity contribution >= 4 is 11.8 Å². The van der Waals surface area contributed by atoms with Crippen LogP contribution in [0.25, 0.3) is 0 Å². The number of aromatic nitrogens is 1. The maximum Gasteiger partial charge on any atom is 0.339 e. The molecule has 0 aromatic carbocycles. The summed E-state index contributed by atoms with van der Waals surface area (Å²) in [7, 11) is 0. The van der Waals surface area contributed by atoms with E-state index < -0.39 is 5.97 Å². The second kappa shape index (κ2) is 5.35. The number of carbonyl (C=O) groups is 1. The lowest BCUT2D eigenvalue weighted by atomic mass is 10.0. The lowest BCUT2D eigenvalue weighted by Gasteiger charge is -2.21. The van der Waals surface area contributed by atoms with E-state index in [9.17, 15) is 4.79 Å². The molecule has 18 heavy (non-hydrogen) atoms. The van der Waals surface area contributed by atoms with Crippen molar-refractivity contribution in [3.8, 4) is 0 Å². The van der Waals surface area contributed by atoms with Crippen LogP contribution in [-0.4, -0.2) is 35.3 Å². The maximum atomic E-state index is 11.1. The van der Waals surface area contributed by atoms with Crippen molar-refractivity contribution < 1.29 is 14.6 Å². The summed E-state index contributed by atoms with van der Waals surface area (Å²) < 4.78 is 5.34. The number of nitrogens with one attached hydrogen (secondary N) is 1.